The molecule has 1 aromatic rings. The van der Waals surface area contributed by atoms with E-state index in [-0.39, 0.29) is 5.76 Å². The molecule has 1 aliphatic heterocycles. The van der Waals surface area contributed by atoms with Crippen molar-refractivity contribution < 1.29 is 14.3 Å². The van der Waals surface area contributed by atoms with Crippen LogP contribution in [0.25, 0.3) is 0 Å². The largest absolute Gasteiger partial charge is 0.475 e. The minimum Gasteiger partial charge on any atom is -0.475 e. The summed E-state index contributed by atoms with van der Waals surface area (Å²) in [5, 5.41) is 8.95. The summed E-state index contributed by atoms with van der Waals surface area (Å²) in [5.41, 5.74) is 0.787. The van der Waals surface area contributed by atoms with E-state index in [1.54, 1.807) is 6.07 Å². The maximum Gasteiger partial charge on any atom is 0.372 e. The fraction of sp³-hybridized carbons (Fsp3) is 0.615. The Morgan fingerprint density at radius 1 is 1.65 bits per heavy atom. The second-order valence-corrected chi connectivity index (χ2v) is 4.76. The lowest BCUT2D eigenvalue weighted by Gasteiger charge is -2.15. The number of hydrogen-bond acceptors (Lipinski definition) is 3. The van der Waals surface area contributed by atoms with Gasteiger partial charge in [0.05, 0.1) is 6.26 Å². The van der Waals surface area contributed by atoms with Crippen LogP contribution in [0.2, 0.25) is 0 Å². The van der Waals surface area contributed by atoms with Gasteiger partial charge in [0.1, 0.15) is 0 Å². The molecule has 0 amide bonds. The molecule has 0 spiro atoms. The van der Waals surface area contributed by atoms with E-state index in [1.165, 1.54) is 25.5 Å². The third kappa shape index (κ3) is 2.88. The number of carboxylic acids is 1. The van der Waals surface area contributed by atoms with Crippen LogP contribution < -0.4 is 0 Å². The molecule has 2 rings (SSSR count). The van der Waals surface area contributed by atoms with Gasteiger partial charge in [-0.2, -0.15) is 0 Å². The van der Waals surface area contributed by atoms with Crippen molar-refractivity contribution in [2.75, 3.05) is 13.1 Å². The van der Waals surface area contributed by atoms with Gasteiger partial charge in [-0.3, -0.25) is 4.90 Å². The Labute approximate surface area is 101 Å². The molecule has 1 saturated heterocycles. The smallest absolute Gasteiger partial charge is 0.372 e. The van der Waals surface area contributed by atoms with E-state index in [4.69, 9.17) is 9.52 Å². The van der Waals surface area contributed by atoms with Crippen molar-refractivity contribution in [1.29, 1.82) is 0 Å². The Kier molecular flexibility index (Phi) is 3.84. The molecular weight excluding hydrogens is 218 g/mol. The lowest BCUT2D eigenvalue weighted by molar-refractivity contribution is 0.0659. The number of hydrogen-bond donors (Lipinski definition) is 1. The maximum absolute atomic E-state index is 10.9. The molecule has 0 aromatic carbocycles. The SMILES string of the molecule is CCCC1CCN(Cc2ccoc2C(=O)O)C1. The van der Waals surface area contributed by atoms with Gasteiger partial charge in [0, 0.05) is 18.7 Å². The zero-order valence-electron chi connectivity index (χ0n) is 10.2. The van der Waals surface area contributed by atoms with Gasteiger partial charge in [0.15, 0.2) is 0 Å². The summed E-state index contributed by atoms with van der Waals surface area (Å²) in [6, 6.07) is 1.76. The Morgan fingerprint density at radius 3 is 3.18 bits per heavy atom. The highest BCUT2D eigenvalue weighted by Crippen LogP contribution is 2.23. The van der Waals surface area contributed by atoms with E-state index in [0.717, 1.165) is 24.6 Å². The number of nitrogens with zero attached hydrogens (tertiary/aromatic N) is 1. The molecule has 1 aliphatic rings. The second-order valence-electron chi connectivity index (χ2n) is 4.76. The average Bonchev–Trinajstić information content (AvgIpc) is 2.89. The first-order valence-corrected chi connectivity index (χ1v) is 6.22. The normalized spacial score (nSPS) is 20.9. The van der Waals surface area contributed by atoms with Crippen LogP contribution in [0.3, 0.4) is 0 Å². The van der Waals surface area contributed by atoms with Gasteiger partial charge < -0.3 is 9.52 Å². The van der Waals surface area contributed by atoms with Crippen LogP contribution in [0.5, 0.6) is 0 Å². The van der Waals surface area contributed by atoms with Crippen molar-refractivity contribution in [3.05, 3.63) is 23.7 Å². The maximum atomic E-state index is 10.9. The van der Waals surface area contributed by atoms with E-state index in [9.17, 15) is 4.79 Å². The fourth-order valence-corrected chi connectivity index (χ4v) is 2.59. The van der Waals surface area contributed by atoms with Crippen LogP contribution in [-0.4, -0.2) is 29.1 Å². The van der Waals surface area contributed by atoms with Crippen molar-refractivity contribution >= 4 is 5.97 Å². The van der Waals surface area contributed by atoms with Crippen LogP contribution in [0.1, 0.15) is 42.3 Å². The summed E-state index contributed by atoms with van der Waals surface area (Å²) < 4.78 is 4.98. The molecule has 4 heteroatoms. The minimum atomic E-state index is -0.977. The highest BCUT2D eigenvalue weighted by molar-refractivity contribution is 5.86. The first-order chi connectivity index (χ1) is 8.20. The van der Waals surface area contributed by atoms with Crippen molar-refractivity contribution in [1.82, 2.24) is 4.90 Å². The molecule has 0 saturated carbocycles. The first-order valence-electron chi connectivity index (χ1n) is 6.22. The van der Waals surface area contributed by atoms with Gasteiger partial charge in [-0.1, -0.05) is 13.3 Å². The van der Waals surface area contributed by atoms with Crippen LogP contribution in [0, 0.1) is 5.92 Å². The minimum absolute atomic E-state index is 0.0870. The quantitative estimate of drug-likeness (QED) is 0.855. The van der Waals surface area contributed by atoms with Crippen LogP contribution in [0.15, 0.2) is 16.7 Å². The van der Waals surface area contributed by atoms with Crippen molar-refractivity contribution in [2.24, 2.45) is 5.92 Å². The lowest BCUT2D eigenvalue weighted by Crippen LogP contribution is -2.21. The molecule has 2 heterocycles. The topological polar surface area (TPSA) is 53.7 Å². The zero-order chi connectivity index (χ0) is 12.3. The number of furan rings is 1. The molecular formula is C13H19NO3. The van der Waals surface area contributed by atoms with E-state index in [1.807, 2.05) is 0 Å². The summed E-state index contributed by atoms with van der Waals surface area (Å²) in [6.45, 7) is 5.05. The van der Waals surface area contributed by atoms with Gasteiger partial charge in [0.2, 0.25) is 5.76 Å². The molecule has 1 atom stereocenters. The van der Waals surface area contributed by atoms with Crippen LogP contribution >= 0.6 is 0 Å². The Balaban J connectivity index is 1.93. The van der Waals surface area contributed by atoms with Crippen LogP contribution in [0.4, 0.5) is 0 Å². The number of likely N-dealkylation sites (tertiary alicyclic amines) is 1. The Morgan fingerprint density at radius 2 is 2.47 bits per heavy atom. The summed E-state index contributed by atoms with van der Waals surface area (Å²) >= 11 is 0. The first kappa shape index (κ1) is 12.2. The highest BCUT2D eigenvalue weighted by Gasteiger charge is 2.24. The van der Waals surface area contributed by atoms with Gasteiger partial charge in [0.25, 0.3) is 0 Å². The molecule has 94 valence electrons. The molecule has 1 N–H and O–H groups in total. The predicted octanol–water partition coefficient (Wildman–Crippen LogP) is 2.60. The molecule has 0 radical (unpaired) electrons. The second kappa shape index (κ2) is 5.36. The number of rotatable bonds is 5. The standard InChI is InChI=1S/C13H19NO3/c1-2-3-10-4-6-14(8-10)9-11-5-7-17-12(11)13(15)16/h5,7,10H,2-4,6,8-9H2,1H3,(H,15,16). The monoisotopic (exact) mass is 237 g/mol. The molecule has 1 aromatic heterocycles. The summed E-state index contributed by atoms with van der Waals surface area (Å²) in [4.78, 5) is 13.2. The molecule has 0 bridgehead atoms. The Hall–Kier alpha value is -1.29. The average molecular weight is 237 g/mol. The molecule has 17 heavy (non-hydrogen) atoms. The number of carbonyl (C=O) groups is 1. The van der Waals surface area contributed by atoms with E-state index < -0.39 is 5.97 Å². The third-order valence-electron chi connectivity index (χ3n) is 3.40. The van der Waals surface area contributed by atoms with E-state index in [2.05, 4.69) is 11.8 Å². The van der Waals surface area contributed by atoms with E-state index in [0.29, 0.717) is 6.54 Å². The van der Waals surface area contributed by atoms with Crippen molar-refractivity contribution in [3.63, 3.8) is 0 Å². The molecule has 4 nitrogen and oxygen atoms in total. The zero-order valence-corrected chi connectivity index (χ0v) is 10.2. The lowest BCUT2D eigenvalue weighted by atomic mass is 10.0. The molecule has 1 fully saturated rings. The molecule has 0 aliphatic carbocycles. The third-order valence-corrected chi connectivity index (χ3v) is 3.40. The highest BCUT2D eigenvalue weighted by atomic mass is 16.4. The Bertz CT molecular complexity index is 386. The molecule has 1 unspecified atom stereocenters. The van der Waals surface area contributed by atoms with Crippen LogP contribution in [-0.2, 0) is 6.54 Å². The fourth-order valence-electron chi connectivity index (χ4n) is 2.59. The van der Waals surface area contributed by atoms with Crippen molar-refractivity contribution in [2.45, 2.75) is 32.7 Å². The summed E-state index contributed by atoms with van der Waals surface area (Å²) in [6.07, 6.45) is 5.19. The number of aromatic carboxylic acids is 1. The van der Waals surface area contributed by atoms with Gasteiger partial charge in [-0.05, 0) is 31.4 Å². The van der Waals surface area contributed by atoms with Gasteiger partial charge in [-0.25, -0.2) is 4.79 Å². The van der Waals surface area contributed by atoms with E-state index >= 15 is 0 Å². The van der Waals surface area contributed by atoms with Crippen molar-refractivity contribution in [3.8, 4) is 0 Å². The number of carboxylic acid groups (broad SMARTS) is 1. The van der Waals surface area contributed by atoms with Gasteiger partial charge in [-0.15, -0.1) is 0 Å². The summed E-state index contributed by atoms with van der Waals surface area (Å²) in [7, 11) is 0. The van der Waals surface area contributed by atoms with Gasteiger partial charge >= 0.3 is 5.97 Å². The predicted molar refractivity (Wildman–Crippen MR) is 64.0 cm³/mol. The summed E-state index contributed by atoms with van der Waals surface area (Å²) in [5.74, 6) is -0.113.